The number of alkyl halides is 1. The highest BCUT2D eigenvalue weighted by molar-refractivity contribution is 9.09. The molecule has 5 heteroatoms. The number of piperidine rings is 1. The summed E-state index contributed by atoms with van der Waals surface area (Å²) in [5, 5.41) is 0.954. The van der Waals surface area contributed by atoms with Crippen molar-refractivity contribution in [1.82, 2.24) is 4.90 Å². The molecule has 2 atom stereocenters. The quantitative estimate of drug-likeness (QED) is 0.572. The van der Waals surface area contributed by atoms with Gasteiger partial charge in [-0.2, -0.15) is 0 Å². The van der Waals surface area contributed by atoms with Crippen molar-refractivity contribution in [2.45, 2.75) is 77.5 Å². The molecule has 0 aliphatic carbocycles. The van der Waals surface area contributed by atoms with Gasteiger partial charge in [0, 0.05) is 30.3 Å². The van der Waals surface area contributed by atoms with E-state index in [1.165, 1.54) is 0 Å². The lowest BCUT2D eigenvalue weighted by Crippen LogP contribution is -2.52. The van der Waals surface area contributed by atoms with Crippen LogP contribution in [0.25, 0.3) is 0 Å². The molecule has 1 aliphatic heterocycles. The Morgan fingerprint density at radius 1 is 1.35 bits per heavy atom. The number of carbonyl (C=O) groups excluding carboxylic acids is 2. The van der Waals surface area contributed by atoms with Crippen molar-refractivity contribution in [2.24, 2.45) is 0 Å². The molecule has 0 radical (unpaired) electrons. The molecule has 20 heavy (non-hydrogen) atoms. The minimum atomic E-state index is -0.501. The summed E-state index contributed by atoms with van der Waals surface area (Å²) in [6.45, 7) is 7.53. The first kappa shape index (κ1) is 17.5. The van der Waals surface area contributed by atoms with Crippen LogP contribution in [0.2, 0.25) is 0 Å². The van der Waals surface area contributed by atoms with Crippen molar-refractivity contribution in [1.29, 1.82) is 0 Å². The second kappa shape index (κ2) is 7.43. The molecule has 1 saturated heterocycles. The molecule has 0 bridgehead atoms. The van der Waals surface area contributed by atoms with Crippen molar-refractivity contribution in [3.8, 4) is 0 Å². The smallest absolute Gasteiger partial charge is 0.410 e. The van der Waals surface area contributed by atoms with E-state index in [0.717, 1.165) is 24.6 Å². The second-order valence-corrected chi connectivity index (χ2v) is 7.32. The fourth-order valence-corrected chi connectivity index (χ4v) is 2.99. The number of carbonyl (C=O) groups is 2. The first-order valence-corrected chi connectivity index (χ1v) is 8.45. The van der Waals surface area contributed by atoms with E-state index < -0.39 is 5.60 Å². The van der Waals surface area contributed by atoms with Crippen LogP contribution in [-0.4, -0.2) is 39.8 Å². The van der Waals surface area contributed by atoms with Gasteiger partial charge in [0.2, 0.25) is 0 Å². The summed E-state index contributed by atoms with van der Waals surface area (Å²) in [6.07, 6.45) is 3.54. The maximum Gasteiger partial charge on any atom is 0.410 e. The molecule has 0 aromatic carbocycles. The van der Waals surface area contributed by atoms with E-state index in [-0.39, 0.29) is 24.0 Å². The highest BCUT2D eigenvalue weighted by Gasteiger charge is 2.37. The standard InChI is InChI=1S/C15H26BrNO3/c1-11-9-13(18)10-12(7-5-6-8-16)17(11)14(19)20-15(2,3)4/h11-12H,5-10H2,1-4H3/t11-,12?/m1/s1. The molecule has 0 N–H and O–H groups in total. The van der Waals surface area contributed by atoms with E-state index in [1.54, 1.807) is 4.90 Å². The molecule has 0 spiro atoms. The van der Waals surface area contributed by atoms with Gasteiger partial charge in [0.15, 0.2) is 0 Å². The first-order valence-electron chi connectivity index (χ1n) is 7.33. The average molecular weight is 348 g/mol. The van der Waals surface area contributed by atoms with Gasteiger partial charge in [-0.15, -0.1) is 0 Å². The summed E-state index contributed by atoms with van der Waals surface area (Å²) < 4.78 is 5.49. The Bertz CT molecular complexity index is 352. The normalized spacial score (nSPS) is 23.9. The minimum Gasteiger partial charge on any atom is -0.444 e. The third-order valence-electron chi connectivity index (χ3n) is 3.38. The van der Waals surface area contributed by atoms with Crippen LogP contribution >= 0.6 is 15.9 Å². The van der Waals surface area contributed by atoms with Crippen LogP contribution in [0.5, 0.6) is 0 Å². The number of ether oxygens (including phenoxy) is 1. The molecule has 4 nitrogen and oxygen atoms in total. The molecular formula is C15H26BrNO3. The van der Waals surface area contributed by atoms with E-state index in [2.05, 4.69) is 15.9 Å². The predicted octanol–water partition coefficient (Wildman–Crippen LogP) is 3.91. The number of halogens is 1. The van der Waals surface area contributed by atoms with Crippen LogP contribution in [0.15, 0.2) is 0 Å². The van der Waals surface area contributed by atoms with Gasteiger partial charge in [-0.1, -0.05) is 22.4 Å². The highest BCUT2D eigenvalue weighted by atomic mass is 79.9. The van der Waals surface area contributed by atoms with Crippen LogP contribution in [0.1, 0.15) is 59.8 Å². The molecule has 1 fully saturated rings. The van der Waals surface area contributed by atoms with Crippen molar-refractivity contribution in [2.75, 3.05) is 5.33 Å². The predicted molar refractivity (Wildman–Crippen MR) is 83.2 cm³/mol. The van der Waals surface area contributed by atoms with Gasteiger partial charge in [0.1, 0.15) is 11.4 Å². The highest BCUT2D eigenvalue weighted by Crippen LogP contribution is 2.26. The fourth-order valence-electron chi connectivity index (χ4n) is 2.59. The first-order chi connectivity index (χ1) is 9.24. The Morgan fingerprint density at radius 2 is 2.00 bits per heavy atom. The van der Waals surface area contributed by atoms with E-state index >= 15 is 0 Å². The third-order valence-corrected chi connectivity index (χ3v) is 3.94. The summed E-state index contributed by atoms with van der Waals surface area (Å²) >= 11 is 3.41. The molecule has 1 heterocycles. The average Bonchev–Trinajstić information content (AvgIpc) is 2.25. The Morgan fingerprint density at radius 3 is 2.55 bits per heavy atom. The van der Waals surface area contributed by atoms with Crippen molar-refractivity contribution in [3.05, 3.63) is 0 Å². The summed E-state index contributed by atoms with van der Waals surface area (Å²) in [5.41, 5.74) is -0.501. The maximum atomic E-state index is 12.4. The van der Waals surface area contributed by atoms with Gasteiger partial charge in [-0.05, 0) is 40.5 Å². The van der Waals surface area contributed by atoms with Crippen molar-refractivity contribution in [3.63, 3.8) is 0 Å². The number of Topliss-reactive ketones (excluding diaryl/α,β-unsaturated/α-hetero) is 1. The van der Waals surface area contributed by atoms with Crippen molar-refractivity contribution < 1.29 is 14.3 Å². The summed E-state index contributed by atoms with van der Waals surface area (Å²) in [4.78, 5) is 25.9. The number of amides is 1. The Balaban J connectivity index is 2.74. The molecule has 116 valence electrons. The summed E-state index contributed by atoms with van der Waals surface area (Å²) in [5.74, 6) is 0.251. The lowest BCUT2D eigenvalue weighted by atomic mass is 9.92. The SMILES string of the molecule is C[C@@H]1CC(=O)CC(CCCCBr)N1C(=O)OC(C)(C)C. The lowest BCUT2D eigenvalue weighted by Gasteiger charge is -2.40. The zero-order chi connectivity index (χ0) is 15.3. The Kier molecular flexibility index (Phi) is 6.49. The molecule has 0 aromatic rings. The van der Waals surface area contributed by atoms with Crippen LogP contribution in [0.3, 0.4) is 0 Å². The fraction of sp³-hybridized carbons (Fsp3) is 0.867. The van der Waals surface area contributed by atoms with E-state index in [0.29, 0.717) is 12.8 Å². The maximum absolute atomic E-state index is 12.4. The number of unbranched alkanes of at least 4 members (excludes halogenated alkanes) is 1. The Hall–Kier alpha value is -0.580. The number of hydrogen-bond donors (Lipinski definition) is 0. The molecule has 1 rings (SSSR count). The summed E-state index contributed by atoms with van der Waals surface area (Å²) in [6, 6.07) is -0.0831. The van der Waals surface area contributed by atoms with E-state index in [1.807, 2.05) is 27.7 Å². The van der Waals surface area contributed by atoms with Crippen LogP contribution in [0, 0.1) is 0 Å². The Labute approximate surface area is 130 Å². The van der Waals surface area contributed by atoms with Crippen LogP contribution < -0.4 is 0 Å². The monoisotopic (exact) mass is 347 g/mol. The topological polar surface area (TPSA) is 46.6 Å². The van der Waals surface area contributed by atoms with Gasteiger partial charge < -0.3 is 9.64 Å². The number of likely N-dealkylation sites (tertiary alicyclic amines) is 1. The van der Waals surface area contributed by atoms with E-state index in [9.17, 15) is 9.59 Å². The van der Waals surface area contributed by atoms with Crippen molar-refractivity contribution >= 4 is 27.8 Å². The molecule has 1 aliphatic rings. The molecular weight excluding hydrogens is 322 g/mol. The number of rotatable bonds is 4. The van der Waals surface area contributed by atoms with E-state index in [4.69, 9.17) is 4.74 Å². The second-order valence-electron chi connectivity index (χ2n) is 6.52. The van der Waals surface area contributed by atoms with Crippen LogP contribution in [-0.2, 0) is 9.53 Å². The third kappa shape index (κ3) is 5.43. The van der Waals surface area contributed by atoms with Gasteiger partial charge in [-0.25, -0.2) is 4.79 Å². The molecule has 1 unspecified atom stereocenters. The van der Waals surface area contributed by atoms with Gasteiger partial charge in [0.25, 0.3) is 0 Å². The zero-order valence-electron chi connectivity index (χ0n) is 12.9. The van der Waals surface area contributed by atoms with Gasteiger partial charge in [0.05, 0.1) is 0 Å². The number of nitrogens with zero attached hydrogens (tertiary/aromatic N) is 1. The molecule has 0 saturated carbocycles. The summed E-state index contributed by atoms with van der Waals surface area (Å²) in [7, 11) is 0. The largest absolute Gasteiger partial charge is 0.444 e. The molecule has 0 aromatic heterocycles. The molecule has 1 amide bonds. The van der Waals surface area contributed by atoms with Crippen LogP contribution in [0.4, 0.5) is 4.79 Å². The zero-order valence-corrected chi connectivity index (χ0v) is 14.5. The van der Waals surface area contributed by atoms with Gasteiger partial charge in [-0.3, -0.25) is 4.79 Å². The number of hydrogen-bond acceptors (Lipinski definition) is 3. The number of ketones is 1. The van der Waals surface area contributed by atoms with Gasteiger partial charge >= 0.3 is 6.09 Å². The lowest BCUT2D eigenvalue weighted by molar-refractivity contribution is -0.124. The minimum absolute atomic E-state index is 0.0138.